The fraction of sp³-hybridized carbons (Fsp3) is 0.0909. The maximum absolute atomic E-state index is 13.0. The van der Waals surface area contributed by atoms with Crippen LogP contribution in [0.1, 0.15) is 16.5 Å². The molecule has 1 nitrogen and oxygen atoms in total. The third-order valence-corrected chi connectivity index (χ3v) is 4.20. The average Bonchev–Trinajstić information content (AvgIpc) is 2.68. The number of rotatable bonds is 2. The van der Waals surface area contributed by atoms with Gasteiger partial charge in [0.25, 0.3) is 0 Å². The van der Waals surface area contributed by atoms with Crippen LogP contribution in [0.2, 0.25) is 5.02 Å². The van der Waals surface area contributed by atoms with E-state index < -0.39 is 5.82 Å². The Kier molecular flexibility index (Phi) is 3.64. The van der Waals surface area contributed by atoms with E-state index in [4.69, 9.17) is 17.3 Å². The van der Waals surface area contributed by atoms with Gasteiger partial charge in [-0.2, -0.15) is 0 Å². The minimum absolute atomic E-state index is 0.101. The molecule has 2 rings (SSSR count). The number of benzene rings is 1. The van der Waals surface area contributed by atoms with Crippen LogP contribution in [0.3, 0.4) is 0 Å². The summed E-state index contributed by atoms with van der Waals surface area (Å²) in [4.78, 5) is 1.01. The van der Waals surface area contributed by atoms with Crippen molar-refractivity contribution in [3.05, 3.63) is 55.4 Å². The Balaban J connectivity index is 2.33. The summed E-state index contributed by atoms with van der Waals surface area (Å²) in [6, 6.07) is 8.16. The van der Waals surface area contributed by atoms with E-state index in [1.165, 1.54) is 6.07 Å². The number of thiophene rings is 1. The SMILES string of the molecule is NC(c1ccc(F)c(Cl)c1)c1ccc(Br)s1. The zero-order valence-corrected chi connectivity index (χ0v) is 11.2. The molecule has 1 unspecified atom stereocenters. The van der Waals surface area contributed by atoms with Crippen LogP contribution in [0.15, 0.2) is 34.1 Å². The lowest BCUT2D eigenvalue weighted by Crippen LogP contribution is -2.10. The monoisotopic (exact) mass is 319 g/mol. The number of nitrogens with two attached hydrogens (primary N) is 1. The fourth-order valence-electron chi connectivity index (χ4n) is 1.37. The van der Waals surface area contributed by atoms with Gasteiger partial charge in [-0.15, -0.1) is 11.3 Å². The molecule has 1 atom stereocenters. The van der Waals surface area contributed by atoms with Crippen molar-refractivity contribution in [1.82, 2.24) is 0 Å². The standard InChI is InChI=1S/C11H8BrClFNS/c12-10-4-3-9(16-10)11(15)6-1-2-8(14)7(13)5-6/h1-5,11H,15H2. The first-order valence-corrected chi connectivity index (χ1v) is 6.52. The van der Waals surface area contributed by atoms with Crippen LogP contribution in [0, 0.1) is 5.82 Å². The molecule has 0 aliphatic rings. The second-order valence-electron chi connectivity index (χ2n) is 3.29. The minimum atomic E-state index is -0.426. The predicted octanol–water partition coefficient (Wildman–Crippen LogP) is 4.35. The molecule has 0 saturated carbocycles. The Morgan fingerprint density at radius 1 is 1.31 bits per heavy atom. The Morgan fingerprint density at radius 3 is 2.62 bits per heavy atom. The van der Waals surface area contributed by atoms with E-state index in [0.717, 1.165) is 14.2 Å². The van der Waals surface area contributed by atoms with Crippen molar-refractivity contribution >= 4 is 38.9 Å². The van der Waals surface area contributed by atoms with E-state index >= 15 is 0 Å². The molecule has 0 amide bonds. The van der Waals surface area contributed by atoms with Crippen LogP contribution in [-0.4, -0.2) is 0 Å². The molecular formula is C11H8BrClFNS. The van der Waals surface area contributed by atoms with Crippen molar-refractivity contribution in [2.45, 2.75) is 6.04 Å². The lowest BCUT2D eigenvalue weighted by Gasteiger charge is -2.10. The third-order valence-electron chi connectivity index (χ3n) is 2.20. The van der Waals surface area contributed by atoms with Crippen molar-refractivity contribution in [1.29, 1.82) is 0 Å². The van der Waals surface area contributed by atoms with Crippen LogP contribution in [0.25, 0.3) is 0 Å². The molecule has 0 bridgehead atoms. The second kappa shape index (κ2) is 4.84. The van der Waals surface area contributed by atoms with Crippen molar-refractivity contribution in [2.75, 3.05) is 0 Å². The van der Waals surface area contributed by atoms with Crippen molar-refractivity contribution in [2.24, 2.45) is 5.73 Å². The van der Waals surface area contributed by atoms with Crippen LogP contribution in [0.5, 0.6) is 0 Å². The molecule has 2 N–H and O–H groups in total. The summed E-state index contributed by atoms with van der Waals surface area (Å²) < 4.78 is 14.0. The molecule has 1 aromatic carbocycles. The molecule has 0 fully saturated rings. The largest absolute Gasteiger partial charge is 0.320 e. The first-order chi connectivity index (χ1) is 7.58. The Hall–Kier alpha value is -0.420. The highest BCUT2D eigenvalue weighted by Crippen LogP contribution is 2.31. The first-order valence-electron chi connectivity index (χ1n) is 4.53. The number of hydrogen-bond donors (Lipinski definition) is 1. The van der Waals surface area contributed by atoms with Gasteiger partial charge < -0.3 is 5.73 Å². The summed E-state index contributed by atoms with van der Waals surface area (Å²) in [7, 11) is 0. The molecule has 2 aromatic rings. The first kappa shape index (κ1) is 12.0. The van der Waals surface area contributed by atoms with Gasteiger partial charge in [0.05, 0.1) is 14.9 Å². The van der Waals surface area contributed by atoms with E-state index in [1.54, 1.807) is 23.5 Å². The molecule has 0 aliphatic carbocycles. The lowest BCUT2D eigenvalue weighted by molar-refractivity contribution is 0.627. The fourth-order valence-corrected chi connectivity index (χ4v) is 3.01. The summed E-state index contributed by atoms with van der Waals surface area (Å²) in [5.41, 5.74) is 6.86. The van der Waals surface area contributed by atoms with Crippen LogP contribution in [0.4, 0.5) is 4.39 Å². The summed E-state index contributed by atoms with van der Waals surface area (Å²) >= 11 is 10.6. The summed E-state index contributed by atoms with van der Waals surface area (Å²) in [5, 5.41) is 0.101. The van der Waals surface area contributed by atoms with Gasteiger partial charge in [-0.05, 0) is 45.8 Å². The van der Waals surface area contributed by atoms with Gasteiger partial charge in [-0.1, -0.05) is 17.7 Å². The second-order valence-corrected chi connectivity index (χ2v) is 6.19. The molecular weight excluding hydrogens is 313 g/mol. The molecule has 0 spiro atoms. The Morgan fingerprint density at radius 2 is 2.06 bits per heavy atom. The van der Waals surface area contributed by atoms with E-state index in [9.17, 15) is 4.39 Å². The van der Waals surface area contributed by atoms with Gasteiger partial charge in [0, 0.05) is 4.88 Å². The van der Waals surface area contributed by atoms with Crippen molar-refractivity contribution < 1.29 is 4.39 Å². The average molecular weight is 321 g/mol. The summed E-state index contributed by atoms with van der Waals surface area (Å²) in [6.07, 6.45) is 0. The smallest absolute Gasteiger partial charge is 0.141 e. The molecule has 0 radical (unpaired) electrons. The maximum atomic E-state index is 13.0. The molecule has 5 heteroatoms. The zero-order chi connectivity index (χ0) is 11.7. The lowest BCUT2D eigenvalue weighted by atomic mass is 10.1. The topological polar surface area (TPSA) is 26.0 Å². The van der Waals surface area contributed by atoms with Gasteiger partial charge in [0.15, 0.2) is 0 Å². The summed E-state index contributed by atoms with van der Waals surface area (Å²) in [5.74, 6) is -0.426. The van der Waals surface area contributed by atoms with E-state index in [2.05, 4.69) is 15.9 Å². The van der Waals surface area contributed by atoms with Gasteiger partial charge in [0.1, 0.15) is 5.82 Å². The number of halogens is 3. The van der Waals surface area contributed by atoms with Gasteiger partial charge >= 0.3 is 0 Å². The van der Waals surface area contributed by atoms with Crippen molar-refractivity contribution in [3.63, 3.8) is 0 Å². The highest BCUT2D eigenvalue weighted by atomic mass is 79.9. The molecule has 1 aromatic heterocycles. The zero-order valence-electron chi connectivity index (χ0n) is 8.08. The Labute approximate surface area is 110 Å². The third kappa shape index (κ3) is 2.46. The predicted molar refractivity (Wildman–Crippen MR) is 69.5 cm³/mol. The van der Waals surface area contributed by atoms with Gasteiger partial charge in [-0.25, -0.2) is 4.39 Å². The highest BCUT2D eigenvalue weighted by Gasteiger charge is 2.12. The molecule has 16 heavy (non-hydrogen) atoms. The van der Waals surface area contributed by atoms with Crippen LogP contribution < -0.4 is 5.73 Å². The maximum Gasteiger partial charge on any atom is 0.141 e. The minimum Gasteiger partial charge on any atom is -0.320 e. The van der Waals surface area contributed by atoms with Crippen molar-refractivity contribution in [3.8, 4) is 0 Å². The van der Waals surface area contributed by atoms with Crippen LogP contribution in [-0.2, 0) is 0 Å². The van der Waals surface area contributed by atoms with Gasteiger partial charge in [0.2, 0.25) is 0 Å². The van der Waals surface area contributed by atoms with E-state index in [-0.39, 0.29) is 11.1 Å². The highest BCUT2D eigenvalue weighted by molar-refractivity contribution is 9.11. The van der Waals surface area contributed by atoms with Crippen LogP contribution >= 0.6 is 38.9 Å². The van der Waals surface area contributed by atoms with Gasteiger partial charge in [-0.3, -0.25) is 0 Å². The summed E-state index contributed by atoms with van der Waals surface area (Å²) in [6.45, 7) is 0. The quantitative estimate of drug-likeness (QED) is 0.874. The van der Waals surface area contributed by atoms with E-state index in [0.29, 0.717) is 0 Å². The number of hydrogen-bond acceptors (Lipinski definition) is 2. The molecule has 1 heterocycles. The molecule has 84 valence electrons. The Bertz CT molecular complexity index is 514. The normalized spacial score (nSPS) is 12.8. The molecule has 0 saturated heterocycles. The van der Waals surface area contributed by atoms with E-state index in [1.807, 2.05) is 12.1 Å². The molecule has 0 aliphatic heterocycles.